The number of nitrogens with one attached hydrogen (secondary N) is 2. The molecular weight excluding hydrogens is 436 g/mol. The second-order valence-electron chi connectivity index (χ2n) is 9.11. The van der Waals surface area contributed by atoms with Gasteiger partial charge in [0.1, 0.15) is 17.7 Å². The Balaban J connectivity index is 3.39. The molecule has 0 bridgehead atoms. The van der Waals surface area contributed by atoms with E-state index in [2.05, 4.69) is 17.2 Å². The van der Waals surface area contributed by atoms with E-state index in [1.807, 2.05) is 26.0 Å². The number of hydrogen-bond acceptors (Lipinski definition) is 5. The number of primary amides is 1. The molecule has 0 radical (unpaired) electrons. The van der Waals surface area contributed by atoms with Crippen LogP contribution in [-0.4, -0.2) is 53.4 Å². The van der Waals surface area contributed by atoms with Gasteiger partial charge in [0.05, 0.1) is 6.42 Å². The molecule has 2 atom stereocenters. The predicted molar refractivity (Wildman–Crippen MR) is 131 cm³/mol. The Morgan fingerprint density at radius 1 is 1.24 bits per heavy atom. The first-order valence-electron chi connectivity index (χ1n) is 11.4. The number of ether oxygens (including phenoxy) is 1. The van der Waals surface area contributed by atoms with Crippen LogP contribution < -0.4 is 16.4 Å². The molecule has 2 unspecified atom stereocenters. The first-order valence-corrected chi connectivity index (χ1v) is 11.4. The maximum Gasteiger partial charge on any atom is 0.408 e. The number of carbonyl (C=O) groups excluding carboxylic acids is 4. The van der Waals surface area contributed by atoms with E-state index in [4.69, 9.17) is 10.5 Å². The molecule has 0 saturated carbocycles. The van der Waals surface area contributed by atoms with Crippen LogP contribution in [0.25, 0.3) is 0 Å². The lowest BCUT2D eigenvalue weighted by atomic mass is 10.00. The summed E-state index contributed by atoms with van der Waals surface area (Å²) < 4.78 is 5.24. The molecule has 1 aromatic carbocycles. The molecule has 0 spiro atoms. The minimum Gasteiger partial charge on any atom is -0.444 e. The van der Waals surface area contributed by atoms with Crippen LogP contribution in [0.4, 0.5) is 4.79 Å². The zero-order chi connectivity index (χ0) is 25.9. The molecule has 0 saturated heterocycles. The van der Waals surface area contributed by atoms with Crippen LogP contribution >= 0.6 is 0 Å². The SMILES string of the molecule is C=CCN(C(=O)C(CC(N)=O)NC(=O)OC(C)(C)C)C(C(=O)NCCCC)c1cccc(C)c1. The first-order chi connectivity index (χ1) is 15.9. The lowest BCUT2D eigenvalue weighted by Gasteiger charge is -2.33. The van der Waals surface area contributed by atoms with E-state index in [9.17, 15) is 19.2 Å². The summed E-state index contributed by atoms with van der Waals surface area (Å²) in [7, 11) is 0. The lowest BCUT2D eigenvalue weighted by Crippen LogP contribution is -2.54. The van der Waals surface area contributed by atoms with Crippen molar-refractivity contribution in [1.82, 2.24) is 15.5 Å². The number of aryl methyl sites for hydroxylation is 1. The van der Waals surface area contributed by atoms with E-state index in [0.29, 0.717) is 12.1 Å². The fourth-order valence-corrected chi connectivity index (χ4v) is 3.31. The van der Waals surface area contributed by atoms with Gasteiger partial charge in [-0.2, -0.15) is 0 Å². The van der Waals surface area contributed by atoms with Crippen molar-refractivity contribution in [3.05, 3.63) is 48.0 Å². The summed E-state index contributed by atoms with van der Waals surface area (Å²) in [4.78, 5) is 52.3. The Labute approximate surface area is 202 Å². The Kier molecular flexibility index (Phi) is 11.3. The van der Waals surface area contributed by atoms with E-state index in [1.54, 1.807) is 32.9 Å². The number of carbonyl (C=O) groups is 4. The Bertz CT molecular complexity index is 878. The zero-order valence-electron chi connectivity index (χ0n) is 20.8. The summed E-state index contributed by atoms with van der Waals surface area (Å²) in [6.07, 6.45) is 1.83. The van der Waals surface area contributed by atoms with Gasteiger partial charge in [0.25, 0.3) is 0 Å². The quantitative estimate of drug-likeness (QED) is 0.317. The van der Waals surface area contributed by atoms with E-state index in [1.165, 1.54) is 11.0 Å². The van der Waals surface area contributed by atoms with Crippen molar-refractivity contribution in [3.63, 3.8) is 0 Å². The highest BCUT2D eigenvalue weighted by molar-refractivity contribution is 5.94. The van der Waals surface area contributed by atoms with Crippen LogP contribution in [0, 0.1) is 6.92 Å². The van der Waals surface area contributed by atoms with Crippen molar-refractivity contribution in [2.75, 3.05) is 13.1 Å². The molecule has 188 valence electrons. The summed E-state index contributed by atoms with van der Waals surface area (Å²) in [5.41, 5.74) is 6.05. The molecule has 0 aliphatic rings. The van der Waals surface area contributed by atoms with Gasteiger partial charge in [-0.05, 0) is 39.7 Å². The molecule has 4 amide bonds. The van der Waals surface area contributed by atoms with E-state index in [0.717, 1.165) is 18.4 Å². The number of amides is 4. The molecule has 0 heterocycles. The number of rotatable bonds is 12. The summed E-state index contributed by atoms with van der Waals surface area (Å²) in [6.45, 7) is 13.1. The van der Waals surface area contributed by atoms with Crippen molar-refractivity contribution in [2.45, 2.75) is 71.6 Å². The molecule has 0 aromatic heterocycles. The van der Waals surface area contributed by atoms with Crippen molar-refractivity contribution in [3.8, 4) is 0 Å². The monoisotopic (exact) mass is 474 g/mol. The molecule has 9 nitrogen and oxygen atoms in total. The fraction of sp³-hybridized carbons (Fsp3) is 0.520. The van der Waals surface area contributed by atoms with Gasteiger partial charge in [0.15, 0.2) is 0 Å². The van der Waals surface area contributed by atoms with E-state index < -0.39 is 42.0 Å². The maximum absolute atomic E-state index is 13.6. The van der Waals surface area contributed by atoms with E-state index >= 15 is 0 Å². The number of benzene rings is 1. The number of unbranched alkanes of at least 4 members (excludes halogenated alkanes) is 1. The highest BCUT2D eigenvalue weighted by Crippen LogP contribution is 2.24. The largest absolute Gasteiger partial charge is 0.444 e. The van der Waals surface area contributed by atoms with Crippen LogP contribution in [0.15, 0.2) is 36.9 Å². The minimum absolute atomic E-state index is 0.00387. The van der Waals surface area contributed by atoms with Gasteiger partial charge < -0.3 is 26.0 Å². The molecule has 0 aliphatic carbocycles. The van der Waals surface area contributed by atoms with Crippen LogP contribution in [0.5, 0.6) is 0 Å². The Morgan fingerprint density at radius 2 is 1.91 bits per heavy atom. The lowest BCUT2D eigenvalue weighted by molar-refractivity contribution is -0.142. The van der Waals surface area contributed by atoms with Crippen LogP contribution in [0.3, 0.4) is 0 Å². The van der Waals surface area contributed by atoms with Crippen LogP contribution in [-0.2, 0) is 19.1 Å². The molecule has 0 aliphatic heterocycles. The molecular formula is C25H38N4O5. The summed E-state index contributed by atoms with van der Waals surface area (Å²) in [5, 5.41) is 5.31. The average molecular weight is 475 g/mol. The third kappa shape index (κ3) is 9.64. The fourth-order valence-electron chi connectivity index (χ4n) is 3.31. The summed E-state index contributed by atoms with van der Waals surface area (Å²) in [5.74, 6) is -1.81. The maximum atomic E-state index is 13.6. The van der Waals surface area contributed by atoms with Crippen molar-refractivity contribution < 1.29 is 23.9 Å². The van der Waals surface area contributed by atoms with E-state index in [-0.39, 0.29) is 12.5 Å². The normalized spacial score (nSPS) is 12.7. The van der Waals surface area contributed by atoms with Gasteiger partial charge in [0.2, 0.25) is 17.7 Å². The van der Waals surface area contributed by atoms with Gasteiger partial charge in [-0.3, -0.25) is 14.4 Å². The Hall–Kier alpha value is -3.36. The van der Waals surface area contributed by atoms with Gasteiger partial charge in [-0.25, -0.2) is 4.79 Å². The highest BCUT2D eigenvalue weighted by atomic mass is 16.6. The second kappa shape index (κ2) is 13.4. The predicted octanol–water partition coefficient (Wildman–Crippen LogP) is 2.74. The molecule has 1 aromatic rings. The van der Waals surface area contributed by atoms with Crippen molar-refractivity contribution in [2.24, 2.45) is 5.73 Å². The zero-order valence-corrected chi connectivity index (χ0v) is 20.8. The first kappa shape index (κ1) is 28.7. The van der Waals surface area contributed by atoms with Crippen LogP contribution in [0.1, 0.15) is 64.1 Å². The third-order valence-corrected chi connectivity index (χ3v) is 4.75. The number of alkyl carbamates (subject to hydrolysis) is 1. The highest BCUT2D eigenvalue weighted by Gasteiger charge is 2.36. The topological polar surface area (TPSA) is 131 Å². The molecule has 0 fully saturated rings. The number of nitrogens with zero attached hydrogens (tertiary/aromatic N) is 1. The summed E-state index contributed by atoms with van der Waals surface area (Å²) >= 11 is 0. The second-order valence-corrected chi connectivity index (χ2v) is 9.11. The van der Waals surface area contributed by atoms with Gasteiger partial charge in [0, 0.05) is 13.1 Å². The Morgan fingerprint density at radius 3 is 2.44 bits per heavy atom. The van der Waals surface area contributed by atoms with Gasteiger partial charge in [-0.1, -0.05) is 49.2 Å². The average Bonchev–Trinajstić information content (AvgIpc) is 2.71. The van der Waals surface area contributed by atoms with Gasteiger partial charge >= 0.3 is 6.09 Å². The molecule has 1 rings (SSSR count). The van der Waals surface area contributed by atoms with Gasteiger partial charge in [-0.15, -0.1) is 6.58 Å². The number of nitrogens with two attached hydrogens (primary N) is 1. The molecule has 4 N–H and O–H groups in total. The van der Waals surface area contributed by atoms with Crippen molar-refractivity contribution in [1.29, 1.82) is 0 Å². The smallest absolute Gasteiger partial charge is 0.408 e. The molecule has 34 heavy (non-hydrogen) atoms. The van der Waals surface area contributed by atoms with Crippen LogP contribution in [0.2, 0.25) is 0 Å². The third-order valence-electron chi connectivity index (χ3n) is 4.75. The minimum atomic E-state index is -1.32. The van der Waals surface area contributed by atoms with Crippen molar-refractivity contribution >= 4 is 23.8 Å². The standard InChI is InChI=1S/C25H38N4O5/c1-7-9-13-27-22(31)21(18-12-10-11-17(3)15-18)29(14-8-2)23(32)19(16-20(26)30)28-24(33)34-25(4,5)6/h8,10-12,15,19,21H,2,7,9,13-14,16H2,1,3-6H3,(H2,26,30)(H,27,31)(H,28,33). The number of hydrogen-bond donors (Lipinski definition) is 3. The molecule has 9 heteroatoms. The summed E-state index contributed by atoms with van der Waals surface area (Å²) in [6, 6.07) is 4.94.